The molecule has 0 radical (unpaired) electrons. The molecule has 0 aliphatic rings. The molecule has 0 bridgehead atoms. The van der Waals surface area contributed by atoms with Gasteiger partial charge in [-0.05, 0) is 12.8 Å². The van der Waals surface area contributed by atoms with E-state index in [0.717, 1.165) is 38.6 Å². The molecule has 1 amide bonds. The first kappa shape index (κ1) is 57.7. The summed E-state index contributed by atoms with van der Waals surface area (Å²) in [6, 6.07) is 0. The number of hydrogen-bond donors (Lipinski definition) is 4. The van der Waals surface area contributed by atoms with Crippen LogP contribution < -0.4 is 5.32 Å². The SMILES string of the molecule is CCCCCCCCCCCCCCCCCC(=O)NCCC[N+](C)(C)CC(O)C[N+](CCO)(CCO)CCOC(=O)CCCCCCCCCCCCCCCCC. The fourth-order valence-corrected chi connectivity index (χ4v) is 8.75. The lowest BCUT2D eigenvalue weighted by Gasteiger charge is -2.40. The van der Waals surface area contributed by atoms with Crippen LogP contribution in [0.15, 0.2) is 0 Å². The first-order chi connectivity index (χ1) is 28.6. The number of rotatable bonds is 47. The third kappa shape index (κ3) is 39.3. The zero-order chi connectivity index (χ0) is 43.6. The number of quaternary nitrogens is 2. The largest absolute Gasteiger partial charge is 0.460 e. The van der Waals surface area contributed by atoms with Gasteiger partial charge in [0.1, 0.15) is 39.3 Å². The summed E-state index contributed by atoms with van der Waals surface area (Å²) in [5.41, 5.74) is 0. The number of carbonyl (C=O) groups excluding carboxylic acids is 2. The van der Waals surface area contributed by atoms with Crippen LogP contribution in [0.2, 0.25) is 0 Å². The van der Waals surface area contributed by atoms with E-state index in [0.29, 0.717) is 61.1 Å². The van der Waals surface area contributed by atoms with Gasteiger partial charge in [0.05, 0.1) is 33.9 Å². The third-order valence-electron chi connectivity index (χ3n) is 12.5. The van der Waals surface area contributed by atoms with Crippen LogP contribution in [0.1, 0.15) is 226 Å². The monoisotopic (exact) mass is 842 g/mol. The van der Waals surface area contributed by atoms with E-state index in [4.69, 9.17) is 4.74 Å². The van der Waals surface area contributed by atoms with Crippen molar-refractivity contribution in [1.82, 2.24) is 5.32 Å². The molecule has 352 valence electrons. The number of nitrogens with one attached hydrogen (secondary N) is 1. The number of hydrogen-bond acceptors (Lipinski definition) is 6. The second-order valence-electron chi connectivity index (χ2n) is 19.0. The van der Waals surface area contributed by atoms with Gasteiger partial charge in [-0.2, -0.15) is 0 Å². The Morgan fingerprint density at radius 3 is 1.25 bits per heavy atom. The molecule has 4 N–H and O–H groups in total. The maximum atomic E-state index is 12.5. The molecule has 0 rings (SSSR count). The molecule has 0 aromatic heterocycles. The molecule has 0 saturated carbocycles. The fourth-order valence-electron chi connectivity index (χ4n) is 8.75. The lowest BCUT2D eigenvalue weighted by atomic mass is 10.0. The van der Waals surface area contributed by atoms with Crippen LogP contribution in [0.5, 0.6) is 0 Å². The predicted molar refractivity (Wildman–Crippen MR) is 249 cm³/mol. The van der Waals surface area contributed by atoms with Crippen molar-refractivity contribution >= 4 is 11.9 Å². The van der Waals surface area contributed by atoms with Gasteiger partial charge in [-0.3, -0.25) is 9.59 Å². The Kier molecular flexibility index (Phi) is 41.2. The molecule has 0 aliphatic carbocycles. The van der Waals surface area contributed by atoms with Crippen LogP contribution in [0, 0.1) is 0 Å². The van der Waals surface area contributed by atoms with Gasteiger partial charge in [0.15, 0.2) is 6.10 Å². The topological polar surface area (TPSA) is 116 Å². The van der Waals surface area contributed by atoms with E-state index in [9.17, 15) is 24.9 Å². The highest BCUT2D eigenvalue weighted by molar-refractivity contribution is 5.75. The number of amides is 1. The number of likely N-dealkylation sites (N-methyl/N-ethyl adjacent to an activating group) is 1. The molecule has 0 aromatic rings. The van der Waals surface area contributed by atoms with E-state index in [1.165, 1.54) is 167 Å². The van der Waals surface area contributed by atoms with Crippen molar-refractivity contribution in [1.29, 1.82) is 0 Å². The van der Waals surface area contributed by atoms with Gasteiger partial charge < -0.3 is 34.3 Å². The van der Waals surface area contributed by atoms with E-state index in [1.807, 2.05) is 0 Å². The molecule has 0 aliphatic heterocycles. The molecule has 1 unspecified atom stereocenters. The van der Waals surface area contributed by atoms with E-state index in [1.54, 1.807) is 0 Å². The zero-order valence-electron chi connectivity index (χ0n) is 39.9. The van der Waals surface area contributed by atoms with Gasteiger partial charge in [-0.1, -0.05) is 194 Å². The Bertz CT molecular complexity index is 913. The number of nitrogens with zero attached hydrogens (tertiary/aromatic N) is 2. The molecule has 1 atom stereocenters. The van der Waals surface area contributed by atoms with Crippen molar-refractivity contribution in [3.63, 3.8) is 0 Å². The number of aliphatic hydroxyl groups excluding tert-OH is 3. The highest BCUT2D eigenvalue weighted by Crippen LogP contribution is 2.16. The van der Waals surface area contributed by atoms with Crippen LogP contribution in [0.4, 0.5) is 0 Å². The minimum absolute atomic E-state index is 0.0723. The third-order valence-corrected chi connectivity index (χ3v) is 12.5. The molecule has 9 nitrogen and oxygen atoms in total. The van der Waals surface area contributed by atoms with Gasteiger partial charge in [-0.15, -0.1) is 0 Å². The maximum Gasteiger partial charge on any atom is 0.305 e. The minimum atomic E-state index is -0.654. The summed E-state index contributed by atoms with van der Waals surface area (Å²) in [6.07, 6.45) is 40.3. The van der Waals surface area contributed by atoms with E-state index in [-0.39, 0.29) is 31.7 Å². The summed E-state index contributed by atoms with van der Waals surface area (Å²) in [7, 11) is 4.18. The second kappa shape index (κ2) is 42.1. The fraction of sp³-hybridized carbons (Fsp3) is 0.960. The lowest BCUT2D eigenvalue weighted by molar-refractivity contribution is -0.940. The van der Waals surface area contributed by atoms with Crippen molar-refractivity contribution in [2.24, 2.45) is 0 Å². The molecular weight excluding hydrogens is 739 g/mol. The molecule has 9 heteroatoms. The van der Waals surface area contributed by atoms with Crippen molar-refractivity contribution in [2.45, 2.75) is 232 Å². The maximum absolute atomic E-state index is 12.5. The zero-order valence-corrected chi connectivity index (χ0v) is 39.9. The molecule has 0 saturated heterocycles. The Morgan fingerprint density at radius 1 is 0.492 bits per heavy atom. The average molecular weight is 842 g/mol. The van der Waals surface area contributed by atoms with E-state index in [2.05, 4.69) is 33.3 Å². The molecule has 0 heterocycles. The standard InChI is InChI=1S/C50H102N3O6/c1-5-7-9-11-13-15-17-19-21-23-25-27-29-31-33-36-49(57)51-38-35-39-52(3,4)46-48(56)47-53(40-43-54,41-44-55)42-45-59-50(58)37-34-32-30-28-26-24-22-20-18-16-14-12-10-8-6-2/h48,54-56H,5-47H2,1-4H3/q+1/p+1. The highest BCUT2D eigenvalue weighted by Gasteiger charge is 2.33. The normalized spacial score (nSPS) is 12.6. The summed E-state index contributed by atoms with van der Waals surface area (Å²) in [4.78, 5) is 24.9. The van der Waals surface area contributed by atoms with Gasteiger partial charge in [0.25, 0.3) is 0 Å². The van der Waals surface area contributed by atoms with Crippen molar-refractivity contribution in [3.05, 3.63) is 0 Å². The first-order valence-corrected chi connectivity index (χ1v) is 25.6. The Hall–Kier alpha value is -1.26. The predicted octanol–water partition coefficient (Wildman–Crippen LogP) is 10.8. The number of ether oxygens (including phenoxy) is 1. The van der Waals surface area contributed by atoms with Gasteiger partial charge in [-0.25, -0.2) is 0 Å². The molecule has 59 heavy (non-hydrogen) atoms. The van der Waals surface area contributed by atoms with Crippen LogP contribution in [-0.4, -0.2) is 122 Å². The second-order valence-corrected chi connectivity index (χ2v) is 19.0. The van der Waals surface area contributed by atoms with Crippen LogP contribution >= 0.6 is 0 Å². The number of esters is 1. The van der Waals surface area contributed by atoms with E-state index >= 15 is 0 Å². The summed E-state index contributed by atoms with van der Waals surface area (Å²) in [5.74, 6) is -0.0540. The van der Waals surface area contributed by atoms with Gasteiger partial charge >= 0.3 is 5.97 Å². The Balaban J connectivity index is 4.12. The molecule has 0 spiro atoms. The number of carbonyl (C=O) groups is 2. The van der Waals surface area contributed by atoms with Crippen molar-refractivity contribution < 1.29 is 38.6 Å². The number of aliphatic hydroxyl groups is 3. The van der Waals surface area contributed by atoms with E-state index < -0.39 is 6.10 Å². The first-order valence-electron chi connectivity index (χ1n) is 25.6. The summed E-state index contributed by atoms with van der Waals surface area (Å²) in [6.45, 7) is 8.16. The van der Waals surface area contributed by atoms with Gasteiger partial charge in [0.2, 0.25) is 5.91 Å². The van der Waals surface area contributed by atoms with Crippen LogP contribution in [-0.2, 0) is 14.3 Å². The van der Waals surface area contributed by atoms with Crippen molar-refractivity contribution in [3.8, 4) is 0 Å². The van der Waals surface area contributed by atoms with Crippen LogP contribution in [0.3, 0.4) is 0 Å². The smallest absolute Gasteiger partial charge is 0.305 e. The molecule has 0 fully saturated rings. The van der Waals surface area contributed by atoms with Crippen LogP contribution in [0.25, 0.3) is 0 Å². The molecule has 0 aromatic carbocycles. The number of unbranched alkanes of at least 4 members (excludes halogenated alkanes) is 28. The lowest BCUT2D eigenvalue weighted by Crippen LogP contribution is -2.59. The van der Waals surface area contributed by atoms with Crippen molar-refractivity contribution in [2.75, 3.05) is 79.7 Å². The summed E-state index contributed by atoms with van der Waals surface area (Å²) < 4.78 is 6.51. The highest BCUT2D eigenvalue weighted by atomic mass is 16.5. The average Bonchev–Trinajstić information content (AvgIpc) is 3.19. The summed E-state index contributed by atoms with van der Waals surface area (Å²) >= 11 is 0. The summed E-state index contributed by atoms with van der Waals surface area (Å²) in [5, 5.41) is 34.1. The Morgan fingerprint density at radius 2 is 0.864 bits per heavy atom. The minimum Gasteiger partial charge on any atom is -0.460 e. The molecular formula is C50H103N3O6+2. The quantitative estimate of drug-likeness (QED) is 0.0276. The van der Waals surface area contributed by atoms with Gasteiger partial charge in [0, 0.05) is 25.8 Å². The Labute approximate surface area is 366 Å².